The first kappa shape index (κ1) is 26.4. The van der Waals surface area contributed by atoms with Gasteiger partial charge in [-0.2, -0.15) is 0 Å². The lowest BCUT2D eigenvalue weighted by atomic mass is 10.0. The van der Waals surface area contributed by atoms with E-state index in [4.69, 9.17) is 0 Å². The minimum Gasteiger partial charge on any atom is -0.0654 e. The Morgan fingerprint density at radius 2 is 0.615 bits per heavy atom. The first-order valence-electron chi connectivity index (χ1n) is 12.6. The molecule has 0 unspecified atom stereocenters. The van der Waals surface area contributed by atoms with Gasteiger partial charge in [0.1, 0.15) is 0 Å². The SMILES string of the molecule is CCCCCCCCCCCCCCCCCCC[P+](CC)(CC)CC. The molecule has 0 atom stereocenters. The summed E-state index contributed by atoms with van der Waals surface area (Å²) in [6.45, 7) is 9.62. The summed E-state index contributed by atoms with van der Waals surface area (Å²) in [4.78, 5) is 0. The molecule has 0 heterocycles. The third kappa shape index (κ3) is 15.5. The number of rotatable bonds is 21. The van der Waals surface area contributed by atoms with Crippen molar-refractivity contribution >= 4 is 7.26 Å². The average molecular weight is 386 g/mol. The molecule has 26 heavy (non-hydrogen) atoms. The van der Waals surface area contributed by atoms with Crippen LogP contribution in [0, 0.1) is 0 Å². The van der Waals surface area contributed by atoms with E-state index < -0.39 is 7.26 Å². The van der Waals surface area contributed by atoms with Gasteiger partial charge in [0.25, 0.3) is 0 Å². The Bertz CT molecular complexity index is 249. The minimum atomic E-state index is -0.529. The topological polar surface area (TPSA) is 0 Å². The Kier molecular flexibility index (Phi) is 20.5. The summed E-state index contributed by atoms with van der Waals surface area (Å²) >= 11 is 0. The second-order valence-electron chi connectivity index (χ2n) is 8.67. The minimum absolute atomic E-state index is 0.529. The molecular weight excluding hydrogens is 331 g/mol. The molecule has 0 spiro atoms. The Labute approximate surface area is 169 Å². The van der Waals surface area contributed by atoms with Crippen molar-refractivity contribution in [3.63, 3.8) is 0 Å². The Hall–Kier alpha value is 0.430. The summed E-state index contributed by atoms with van der Waals surface area (Å²) in [6, 6.07) is 0. The predicted molar refractivity (Wildman–Crippen MR) is 128 cm³/mol. The standard InChI is InChI=1S/C25H54P/c1-5-9-10-11-12-13-14-15-16-17-18-19-20-21-22-23-24-25-26(6-2,7-3)8-4/h5-25H2,1-4H3/q+1. The van der Waals surface area contributed by atoms with Crippen molar-refractivity contribution in [1.29, 1.82) is 0 Å². The van der Waals surface area contributed by atoms with E-state index in [1.54, 1.807) is 6.16 Å². The lowest BCUT2D eigenvalue weighted by Gasteiger charge is -2.23. The molecule has 0 aliphatic heterocycles. The molecule has 0 aromatic carbocycles. The van der Waals surface area contributed by atoms with E-state index in [2.05, 4.69) is 27.7 Å². The zero-order chi connectivity index (χ0) is 19.3. The van der Waals surface area contributed by atoms with E-state index in [0.717, 1.165) is 0 Å². The largest absolute Gasteiger partial charge is 0.0654 e. The van der Waals surface area contributed by atoms with Gasteiger partial charge in [0.15, 0.2) is 0 Å². The quantitative estimate of drug-likeness (QED) is 0.136. The lowest BCUT2D eigenvalue weighted by molar-refractivity contribution is 0.529. The maximum Gasteiger partial charge on any atom is 0.0594 e. The number of unbranched alkanes of at least 4 members (excludes halogenated alkanes) is 16. The van der Waals surface area contributed by atoms with Crippen molar-refractivity contribution < 1.29 is 0 Å². The first-order valence-corrected chi connectivity index (χ1v) is 15.1. The van der Waals surface area contributed by atoms with Gasteiger partial charge in [-0.15, -0.1) is 0 Å². The second-order valence-corrected chi connectivity index (χ2v) is 13.7. The van der Waals surface area contributed by atoms with Crippen molar-refractivity contribution in [3.05, 3.63) is 0 Å². The van der Waals surface area contributed by atoms with Gasteiger partial charge in [0, 0.05) is 7.26 Å². The van der Waals surface area contributed by atoms with Crippen molar-refractivity contribution in [2.45, 2.75) is 137 Å². The molecule has 0 amide bonds. The van der Waals surface area contributed by atoms with Crippen LogP contribution in [0.15, 0.2) is 0 Å². The fourth-order valence-electron chi connectivity index (χ4n) is 4.32. The zero-order valence-corrected chi connectivity index (χ0v) is 20.2. The van der Waals surface area contributed by atoms with Crippen molar-refractivity contribution in [2.75, 3.05) is 24.6 Å². The van der Waals surface area contributed by atoms with E-state index in [9.17, 15) is 0 Å². The highest BCUT2D eigenvalue weighted by atomic mass is 31.2. The molecule has 0 fully saturated rings. The summed E-state index contributed by atoms with van der Waals surface area (Å²) in [5.74, 6) is 0. The van der Waals surface area contributed by atoms with Gasteiger partial charge in [0.2, 0.25) is 0 Å². The van der Waals surface area contributed by atoms with E-state index in [0.29, 0.717) is 0 Å². The van der Waals surface area contributed by atoms with Gasteiger partial charge in [0.05, 0.1) is 24.6 Å². The maximum atomic E-state index is 2.44. The van der Waals surface area contributed by atoms with E-state index in [1.165, 1.54) is 128 Å². The summed E-state index contributed by atoms with van der Waals surface area (Å²) in [6.07, 6.45) is 31.2. The van der Waals surface area contributed by atoms with Gasteiger partial charge in [-0.3, -0.25) is 0 Å². The Morgan fingerprint density at radius 1 is 0.346 bits per heavy atom. The van der Waals surface area contributed by atoms with Crippen LogP contribution in [0.4, 0.5) is 0 Å². The number of hydrogen-bond acceptors (Lipinski definition) is 0. The normalized spacial score (nSPS) is 12.0. The predicted octanol–water partition coefficient (Wildman–Crippen LogP) is 9.72. The molecule has 0 nitrogen and oxygen atoms in total. The molecule has 1 heteroatoms. The van der Waals surface area contributed by atoms with Crippen LogP contribution in [0.3, 0.4) is 0 Å². The van der Waals surface area contributed by atoms with Crippen LogP contribution < -0.4 is 0 Å². The summed E-state index contributed by atoms with van der Waals surface area (Å²) in [5.41, 5.74) is 0. The highest BCUT2D eigenvalue weighted by Crippen LogP contribution is 2.58. The van der Waals surface area contributed by atoms with Crippen LogP contribution in [0.2, 0.25) is 0 Å². The lowest BCUT2D eigenvalue weighted by Crippen LogP contribution is -2.07. The zero-order valence-electron chi connectivity index (χ0n) is 19.3. The summed E-state index contributed by atoms with van der Waals surface area (Å²) < 4.78 is 0. The average Bonchev–Trinajstić information content (AvgIpc) is 2.68. The first-order chi connectivity index (χ1) is 12.7. The fourth-order valence-corrected chi connectivity index (χ4v) is 7.50. The van der Waals surface area contributed by atoms with Gasteiger partial charge in [-0.05, 0) is 33.6 Å². The van der Waals surface area contributed by atoms with Gasteiger partial charge in [-0.1, -0.05) is 103 Å². The fraction of sp³-hybridized carbons (Fsp3) is 1.00. The monoisotopic (exact) mass is 385 g/mol. The van der Waals surface area contributed by atoms with Crippen molar-refractivity contribution in [3.8, 4) is 0 Å². The van der Waals surface area contributed by atoms with Crippen LogP contribution in [-0.4, -0.2) is 24.6 Å². The highest BCUT2D eigenvalue weighted by Gasteiger charge is 2.29. The third-order valence-electron chi connectivity index (χ3n) is 6.75. The molecule has 0 bridgehead atoms. The Balaban J connectivity index is 3.20. The van der Waals surface area contributed by atoms with Gasteiger partial charge < -0.3 is 0 Å². The van der Waals surface area contributed by atoms with Crippen LogP contribution in [0.1, 0.15) is 137 Å². The Morgan fingerprint density at radius 3 is 0.885 bits per heavy atom. The molecule has 0 rings (SSSR count). The van der Waals surface area contributed by atoms with E-state index in [-0.39, 0.29) is 0 Å². The van der Waals surface area contributed by atoms with Crippen molar-refractivity contribution in [2.24, 2.45) is 0 Å². The highest BCUT2D eigenvalue weighted by molar-refractivity contribution is 7.75. The summed E-state index contributed by atoms with van der Waals surface area (Å²) in [5, 5.41) is 0. The van der Waals surface area contributed by atoms with Crippen LogP contribution in [-0.2, 0) is 0 Å². The molecule has 0 saturated carbocycles. The molecule has 0 aromatic heterocycles. The van der Waals surface area contributed by atoms with Gasteiger partial charge >= 0.3 is 0 Å². The molecule has 0 aromatic rings. The summed E-state index contributed by atoms with van der Waals surface area (Å²) in [7, 11) is -0.529. The van der Waals surface area contributed by atoms with Crippen LogP contribution >= 0.6 is 7.26 Å². The van der Waals surface area contributed by atoms with E-state index in [1.807, 2.05) is 0 Å². The molecule has 0 N–H and O–H groups in total. The second kappa shape index (κ2) is 20.2. The molecular formula is C25H54P+. The van der Waals surface area contributed by atoms with E-state index >= 15 is 0 Å². The molecule has 0 radical (unpaired) electrons. The maximum absolute atomic E-state index is 2.44. The molecule has 0 saturated heterocycles. The molecule has 158 valence electrons. The van der Waals surface area contributed by atoms with Crippen molar-refractivity contribution in [1.82, 2.24) is 0 Å². The van der Waals surface area contributed by atoms with Crippen LogP contribution in [0.25, 0.3) is 0 Å². The third-order valence-corrected chi connectivity index (χ3v) is 12.0. The molecule has 0 aliphatic rings. The molecule has 0 aliphatic carbocycles. The van der Waals surface area contributed by atoms with Crippen LogP contribution in [0.5, 0.6) is 0 Å². The number of hydrogen-bond donors (Lipinski definition) is 0. The smallest absolute Gasteiger partial charge is 0.0594 e. The van der Waals surface area contributed by atoms with Gasteiger partial charge in [-0.25, -0.2) is 0 Å².